The van der Waals surface area contributed by atoms with Crippen LogP contribution < -0.4 is 5.73 Å². The maximum atomic E-state index is 12.4. The number of hydrogen-bond donors (Lipinski definition) is 1. The van der Waals surface area contributed by atoms with Gasteiger partial charge in [-0.2, -0.15) is 0 Å². The van der Waals surface area contributed by atoms with Crippen LogP contribution in [-0.4, -0.2) is 42.1 Å². The SMILES string of the molecule is C=CCN(C(=O)C1(N)CCOCC1)C1CC1. The van der Waals surface area contributed by atoms with Crippen LogP contribution in [0.15, 0.2) is 12.7 Å². The topological polar surface area (TPSA) is 55.6 Å². The minimum absolute atomic E-state index is 0.0817. The Kier molecular flexibility index (Phi) is 3.30. The lowest BCUT2D eigenvalue weighted by molar-refractivity contribution is -0.140. The van der Waals surface area contributed by atoms with E-state index in [2.05, 4.69) is 6.58 Å². The average molecular weight is 224 g/mol. The summed E-state index contributed by atoms with van der Waals surface area (Å²) in [6.07, 6.45) is 5.25. The average Bonchev–Trinajstić information content (AvgIpc) is 3.10. The quantitative estimate of drug-likeness (QED) is 0.714. The predicted octanol–water partition coefficient (Wildman–Crippen LogP) is 0.671. The van der Waals surface area contributed by atoms with E-state index in [0.29, 0.717) is 38.6 Å². The van der Waals surface area contributed by atoms with E-state index in [1.54, 1.807) is 6.08 Å². The highest BCUT2D eigenvalue weighted by Gasteiger charge is 2.43. The lowest BCUT2D eigenvalue weighted by Crippen LogP contribution is -2.58. The number of nitrogens with two attached hydrogens (primary N) is 1. The van der Waals surface area contributed by atoms with Gasteiger partial charge in [-0.05, 0) is 25.7 Å². The normalized spacial score (nSPS) is 23.8. The molecule has 0 bridgehead atoms. The van der Waals surface area contributed by atoms with E-state index in [4.69, 9.17) is 10.5 Å². The van der Waals surface area contributed by atoms with E-state index < -0.39 is 5.54 Å². The minimum Gasteiger partial charge on any atom is -0.381 e. The monoisotopic (exact) mass is 224 g/mol. The van der Waals surface area contributed by atoms with Crippen LogP contribution >= 0.6 is 0 Å². The molecule has 4 nitrogen and oxygen atoms in total. The van der Waals surface area contributed by atoms with E-state index in [9.17, 15) is 4.79 Å². The first-order valence-electron chi connectivity index (χ1n) is 5.96. The molecule has 2 aliphatic rings. The molecule has 0 aromatic heterocycles. The van der Waals surface area contributed by atoms with Gasteiger partial charge in [-0.25, -0.2) is 0 Å². The zero-order valence-corrected chi connectivity index (χ0v) is 9.65. The van der Waals surface area contributed by atoms with E-state index >= 15 is 0 Å². The van der Waals surface area contributed by atoms with Gasteiger partial charge in [0, 0.05) is 25.8 Å². The Morgan fingerprint density at radius 3 is 2.62 bits per heavy atom. The molecule has 0 aromatic carbocycles. The van der Waals surface area contributed by atoms with Gasteiger partial charge in [0.2, 0.25) is 5.91 Å². The van der Waals surface area contributed by atoms with Crippen molar-refractivity contribution in [3.8, 4) is 0 Å². The van der Waals surface area contributed by atoms with E-state index in [1.165, 1.54) is 0 Å². The Morgan fingerprint density at radius 1 is 1.50 bits per heavy atom. The van der Waals surface area contributed by atoms with Crippen molar-refractivity contribution in [1.82, 2.24) is 4.90 Å². The molecule has 0 atom stereocenters. The fourth-order valence-electron chi connectivity index (χ4n) is 2.16. The molecule has 1 saturated carbocycles. The van der Waals surface area contributed by atoms with Gasteiger partial charge < -0.3 is 15.4 Å². The molecular formula is C12H20N2O2. The molecule has 16 heavy (non-hydrogen) atoms. The lowest BCUT2D eigenvalue weighted by atomic mass is 9.89. The molecule has 1 amide bonds. The molecule has 1 aliphatic heterocycles. The number of rotatable bonds is 4. The molecule has 0 aromatic rings. The summed E-state index contributed by atoms with van der Waals surface area (Å²) in [6.45, 7) is 5.50. The molecule has 0 radical (unpaired) electrons. The molecule has 2 fully saturated rings. The molecular weight excluding hydrogens is 204 g/mol. The standard InChI is InChI=1S/C12H20N2O2/c1-2-7-14(10-3-4-10)11(15)12(13)5-8-16-9-6-12/h2,10H,1,3-9,13H2. The number of ether oxygens (including phenoxy) is 1. The summed E-state index contributed by atoms with van der Waals surface area (Å²) in [5, 5.41) is 0. The fraction of sp³-hybridized carbons (Fsp3) is 0.750. The van der Waals surface area contributed by atoms with Crippen molar-refractivity contribution < 1.29 is 9.53 Å². The van der Waals surface area contributed by atoms with Crippen LogP contribution in [0.4, 0.5) is 0 Å². The van der Waals surface area contributed by atoms with Gasteiger partial charge in [0.1, 0.15) is 0 Å². The molecule has 4 heteroatoms. The molecule has 1 heterocycles. The smallest absolute Gasteiger partial charge is 0.243 e. The number of carbonyl (C=O) groups excluding carboxylic acids is 1. The zero-order chi connectivity index (χ0) is 11.6. The Balaban J connectivity index is 2.05. The maximum Gasteiger partial charge on any atom is 0.243 e. The fourth-order valence-corrected chi connectivity index (χ4v) is 2.16. The lowest BCUT2D eigenvalue weighted by Gasteiger charge is -2.36. The second-order valence-electron chi connectivity index (χ2n) is 4.75. The van der Waals surface area contributed by atoms with Crippen molar-refractivity contribution in [3.05, 3.63) is 12.7 Å². The third-order valence-electron chi connectivity index (χ3n) is 3.39. The summed E-state index contributed by atoms with van der Waals surface area (Å²) in [5.74, 6) is 0.0817. The van der Waals surface area contributed by atoms with E-state index in [0.717, 1.165) is 12.8 Å². The van der Waals surface area contributed by atoms with Crippen molar-refractivity contribution in [1.29, 1.82) is 0 Å². The van der Waals surface area contributed by atoms with Crippen LogP contribution in [0.2, 0.25) is 0 Å². The molecule has 1 aliphatic carbocycles. The van der Waals surface area contributed by atoms with Gasteiger partial charge in [0.05, 0.1) is 5.54 Å². The van der Waals surface area contributed by atoms with Crippen LogP contribution in [0, 0.1) is 0 Å². The first-order chi connectivity index (χ1) is 7.67. The Hall–Kier alpha value is -0.870. The first kappa shape index (κ1) is 11.6. The van der Waals surface area contributed by atoms with Crippen LogP contribution in [0.5, 0.6) is 0 Å². The van der Waals surface area contributed by atoms with Gasteiger partial charge in [-0.3, -0.25) is 4.79 Å². The molecule has 2 rings (SSSR count). The highest BCUT2D eigenvalue weighted by Crippen LogP contribution is 2.30. The highest BCUT2D eigenvalue weighted by molar-refractivity contribution is 5.87. The summed E-state index contributed by atoms with van der Waals surface area (Å²) in [4.78, 5) is 14.3. The number of amides is 1. The summed E-state index contributed by atoms with van der Waals surface area (Å²) >= 11 is 0. The van der Waals surface area contributed by atoms with Crippen molar-refractivity contribution in [2.75, 3.05) is 19.8 Å². The summed E-state index contributed by atoms with van der Waals surface area (Å²) in [7, 11) is 0. The van der Waals surface area contributed by atoms with Gasteiger partial charge in [0.15, 0.2) is 0 Å². The number of nitrogens with zero attached hydrogens (tertiary/aromatic N) is 1. The molecule has 1 saturated heterocycles. The second-order valence-corrected chi connectivity index (χ2v) is 4.75. The summed E-state index contributed by atoms with van der Waals surface area (Å²) in [5.41, 5.74) is 5.49. The third-order valence-corrected chi connectivity index (χ3v) is 3.39. The van der Waals surface area contributed by atoms with Gasteiger partial charge >= 0.3 is 0 Å². The van der Waals surface area contributed by atoms with Gasteiger partial charge in [-0.15, -0.1) is 6.58 Å². The predicted molar refractivity (Wildman–Crippen MR) is 61.9 cm³/mol. The minimum atomic E-state index is -0.705. The third kappa shape index (κ3) is 2.28. The largest absolute Gasteiger partial charge is 0.381 e. The van der Waals surface area contributed by atoms with Crippen LogP contribution in [0.1, 0.15) is 25.7 Å². The Bertz CT molecular complexity index is 281. The van der Waals surface area contributed by atoms with E-state index in [-0.39, 0.29) is 5.91 Å². The van der Waals surface area contributed by atoms with Gasteiger partial charge in [-0.1, -0.05) is 6.08 Å². The van der Waals surface area contributed by atoms with Crippen molar-refractivity contribution in [2.45, 2.75) is 37.3 Å². The van der Waals surface area contributed by atoms with Crippen molar-refractivity contribution in [3.63, 3.8) is 0 Å². The van der Waals surface area contributed by atoms with Crippen LogP contribution in [0.3, 0.4) is 0 Å². The van der Waals surface area contributed by atoms with Crippen molar-refractivity contribution in [2.24, 2.45) is 5.73 Å². The molecule has 0 spiro atoms. The summed E-state index contributed by atoms with van der Waals surface area (Å²) in [6, 6.07) is 0.397. The molecule has 0 unspecified atom stereocenters. The molecule has 2 N–H and O–H groups in total. The van der Waals surface area contributed by atoms with E-state index in [1.807, 2.05) is 4.90 Å². The Labute approximate surface area is 96.4 Å². The number of carbonyl (C=O) groups is 1. The van der Waals surface area contributed by atoms with Gasteiger partial charge in [0.25, 0.3) is 0 Å². The maximum absolute atomic E-state index is 12.4. The number of hydrogen-bond acceptors (Lipinski definition) is 3. The Morgan fingerprint density at radius 2 is 2.12 bits per heavy atom. The van der Waals surface area contributed by atoms with Crippen LogP contribution in [-0.2, 0) is 9.53 Å². The second kappa shape index (κ2) is 4.55. The molecule has 90 valence electrons. The summed E-state index contributed by atoms with van der Waals surface area (Å²) < 4.78 is 5.26. The zero-order valence-electron chi connectivity index (χ0n) is 9.65. The highest BCUT2D eigenvalue weighted by atomic mass is 16.5. The first-order valence-corrected chi connectivity index (χ1v) is 5.96. The van der Waals surface area contributed by atoms with Crippen molar-refractivity contribution >= 4 is 5.91 Å². The van der Waals surface area contributed by atoms with Crippen LogP contribution in [0.25, 0.3) is 0 Å².